The van der Waals surface area contributed by atoms with E-state index in [9.17, 15) is 5.11 Å². The summed E-state index contributed by atoms with van der Waals surface area (Å²) in [5.41, 5.74) is 1.97. The molecule has 0 amide bonds. The summed E-state index contributed by atoms with van der Waals surface area (Å²) >= 11 is 0. The van der Waals surface area contributed by atoms with Gasteiger partial charge in [-0.3, -0.25) is 9.80 Å². The smallest absolute Gasteiger partial charge is 0.166 e. The van der Waals surface area contributed by atoms with E-state index in [-0.39, 0.29) is 12.1 Å². The van der Waals surface area contributed by atoms with Gasteiger partial charge >= 0.3 is 0 Å². The highest BCUT2D eigenvalue weighted by Crippen LogP contribution is 2.66. The van der Waals surface area contributed by atoms with E-state index in [1.165, 1.54) is 18.4 Å². The van der Waals surface area contributed by atoms with E-state index >= 15 is 4.39 Å². The van der Waals surface area contributed by atoms with Crippen LogP contribution in [-0.2, 0) is 25.0 Å². The van der Waals surface area contributed by atoms with Gasteiger partial charge in [-0.2, -0.15) is 0 Å². The van der Waals surface area contributed by atoms with Crippen molar-refractivity contribution < 1.29 is 19.0 Å². The number of alkyl halides is 1. The van der Waals surface area contributed by atoms with Gasteiger partial charge in [0.25, 0.3) is 0 Å². The number of ether oxygens (including phenoxy) is 2. The van der Waals surface area contributed by atoms with Gasteiger partial charge in [0.2, 0.25) is 0 Å². The van der Waals surface area contributed by atoms with Crippen LogP contribution in [0, 0.1) is 5.92 Å². The maximum Gasteiger partial charge on any atom is 0.166 e. The first-order valence-corrected chi connectivity index (χ1v) is 15.3. The van der Waals surface area contributed by atoms with Crippen molar-refractivity contribution in [3.05, 3.63) is 95.1 Å². The Bertz CT molecular complexity index is 1430. The number of halogens is 1. The average molecular weight is 555 g/mol. The van der Waals surface area contributed by atoms with Crippen molar-refractivity contribution in [1.29, 1.82) is 0 Å². The molecule has 2 saturated carbocycles. The lowest BCUT2D eigenvalue weighted by Crippen LogP contribution is -2.81. The third-order valence-corrected chi connectivity index (χ3v) is 10.8. The zero-order valence-corrected chi connectivity index (χ0v) is 23.7. The Morgan fingerprint density at radius 3 is 2.46 bits per heavy atom. The van der Waals surface area contributed by atoms with Gasteiger partial charge in [-0.1, -0.05) is 66.7 Å². The Morgan fingerprint density at radius 1 is 1.00 bits per heavy atom. The molecule has 1 spiro atoms. The predicted octanol–water partition coefficient (Wildman–Crippen LogP) is 5.28. The summed E-state index contributed by atoms with van der Waals surface area (Å²) in [6.45, 7) is 2.39. The lowest BCUT2D eigenvalue weighted by atomic mass is 9.47. The highest BCUT2D eigenvalue weighted by molar-refractivity contribution is 5.64. The number of likely N-dealkylation sites (N-methyl/N-ethyl adjacent to an activating group) is 1. The fourth-order valence-electron chi connectivity index (χ4n) is 8.73. The van der Waals surface area contributed by atoms with Crippen LogP contribution < -0.4 is 9.47 Å². The van der Waals surface area contributed by atoms with Crippen LogP contribution in [0.15, 0.2) is 72.8 Å². The predicted molar refractivity (Wildman–Crippen MR) is 156 cm³/mol. The SMILES string of the molecule is CN(Cc1ccccc1)[C@@H]1CC[C@@]2(O)[C@H]3Cc4ccc(OCc5ccccc5)c5c4[C@@]2([C@H](F)CN3CC2CC2)[C@H]1O5. The van der Waals surface area contributed by atoms with Crippen molar-refractivity contribution in [2.24, 2.45) is 5.92 Å². The van der Waals surface area contributed by atoms with E-state index in [4.69, 9.17) is 9.47 Å². The molecular weight excluding hydrogens is 515 g/mol. The maximum atomic E-state index is 17.2. The molecule has 0 aromatic heterocycles. The molecule has 3 aromatic carbocycles. The minimum absolute atomic E-state index is 0.0373. The summed E-state index contributed by atoms with van der Waals surface area (Å²) < 4.78 is 30.5. The molecule has 214 valence electrons. The monoisotopic (exact) mass is 554 g/mol. The van der Waals surface area contributed by atoms with E-state index in [0.29, 0.717) is 37.0 Å². The second-order valence-electron chi connectivity index (χ2n) is 13.1. The standard InChI is InChI=1S/C35H39FN2O3/c1-37(19-23-8-4-2-5-9-23)27-16-17-34(39)30-18-26-14-15-28(40-22-25-10-6-3-7-11-25)32-31(26)35(34,33(27)41-32)29(36)21-38(30)20-24-12-13-24/h2-11,14-15,24,27,29-30,33,39H,12-13,16-22H2,1H3/t27-,29-,30-,33+,34-,35+/m1/s1. The number of rotatable bonds is 8. The Kier molecular flexibility index (Phi) is 6.00. The van der Waals surface area contributed by atoms with Gasteiger partial charge in [0.1, 0.15) is 24.3 Å². The molecule has 3 aromatic rings. The molecule has 6 heteroatoms. The van der Waals surface area contributed by atoms with Crippen molar-refractivity contribution in [2.45, 2.75) is 80.6 Å². The number of aliphatic hydroxyl groups is 1. The van der Waals surface area contributed by atoms with E-state index in [1.54, 1.807) is 0 Å². The molecule has 1 saturated heterocycles. The topological polar surface area (TPSA) is 45.2 Å². The number of hydrogen-bond acceptors (Lipinski definition) is 5. The van der Waals surface area contributed by atoms with Crippen LogP contribution in [0.3, 0.4) is 0 Å². The summed E-state index contributed by atoms with van der Waals surface area (Å²) in [5.74, 6) is 1.93. The van der Waals surface area contributed by atoms with Crippen molar-refractivity contribution in [1.82, 2.24) is 9.80 Å². The van der Waals surface area contributed by atoms with Crippen molar-refractivity contribution in [3.8, 4) is 11.5 Å². The van der Waals surface area contributed by atoms with Crippen LogP contribution in [0.1, 0.15) is 47.9 Å². The van der Waals surface area contributed by atoms with Crippen LogP contribution in [0.25, 0.3) is 0 Å². The minimum Gasteiger partial charge on any atom is -0.485 e. The van der Waals surface area contributed by atoms with E-state index in [2.05, 4.69) is 47.2 Å². The number of benzene rings is 3. The lowest BCUT2D eigenvalue weighted by molar-refractivity contribution is -0.224. The van der Waals surface area contributed by atoms with Crippen molar-refractivity contribution >= 4 is 0 Å². The largest absolute Gasteiger partial charge is 0.485 e. The Labute approximate surface area is 241 Å². The molecule has 5 aliphatic rings. The maximum absolute atomic E-state index is 17.2. The van der Waals surface area contributed by atoms with Crippen LogP contribution >= 0.6 is 0 Å². The zero-order valence-electron chi connectivity index (χ0n) is 23.7. The van der Waals surface area contributed by atoms with Gasteiger partial charge in [-0.15, -0.1) is 0 Å². The summed E-state index contributed by atoms with van der Waals surface area (Å²) in [6, 6.07) is 24.5. The summed E-state index contributed by atoms with van der Waals surface area (Å²) in [6.07, 6.45) is 2.75. The van der Waals surface area contributed by atoms with Crippen molar-refractivity contribution in [3.63, 3.8) is 0 Å². The first-order valence-electron chi connectivity index (χ1n) is 15.3. The molecule has 2 heterocycles. The van der Waals surface area contributed by atoms with Gasteiger partial charge in [0.15, 0.2) is 11.5 Å². The molecule has 3 fully saturated rings. The Morgan fingerprint density at radius 2 is 1.73 bits per heavy atom. The molecule has 2 bridgehead atoms. The lowest BCUT2D eigenvalue weighted by Gasteiger charge is -2.65. The average Bonchev–Trinajstić information content (AvgIpc) is 3.72. The number of nitrogens with zero attached hydrogens (tertiary/aromatic N) is 2. The molecule has 8 rings (SSSR count). The number of likely N-dealkylation sites (tertiary alicyclic amines) is 1. The van der Waals surface area contributed by atoms with Crippen LogP contribution in [0.4, 0.5) is 4.39 Å². The molecule has 5 nitrogen and oxygen atoms in total. The molecule has 0 unspecified atom stereocenters. The molecule has 41 heavy (non-hydrogen) atoms. The second-order valence-corrected chi connectivity index (χ2v) is 13.1. The first kappa shape index (κ1) is 25.8. The molecule has 3 aliphatic carbocycles. The second kappa shape index (κ2) is 9.55. The third kappa shape index (κ3) is 3.83. The van der Waals surface area contributed by atoms with E-state index < -0.39 is 23.3 Å². The number of piperidine rings is 1. The minimum atomic E-state index is -1.23. The zero-order chi connectivity index (χ0) is 27.8. The van der Waals surface area contributed by atoms with Crippen LogP contribution in [0.5, 0.6) is 11.5 Å². The fraction of sp³-hybridized carbons (Fsp3) is 0.486. The first-order chi connectivity index (χ1) is 20.0. The normalized spacial score (nSPS) is 33.4. The Hall–Kier alpha value is -2.93. The Balaban J connectivity index is 1.22. The quantitative estimate of drug-likeness (QED) is 0.411. The summed E-state index contributed by atoms with van der Waals surface area (Å²) in [4.78, 5) is 4.61. The highest BCUT2D eigenvalue weighted by Gasteiger charge is 2.77. The van der Waals surface area contributed by atoms with Gasteiger partial charge in [-0.05, 0) is 67.8 Å². The van der Waals surface area contributed by atoms with Crippen LogP contribution in [0.2, 0.25) is 0 Å². The molecule has 0 radical (unpaired) electrons. The van der Waals surface area contributed by atoms with Gasteiger partial charge in [-0.25, -0.2) is 4.39 Å². The highest BCUT2D eigenvalue weighted by atomic mass is 19.1. The summed E-state index contributed by atoms with van der Waals surface area (Å²) in [7, 11) is 2.12. The van der Waals surface area contributed by atoms with Gasteiger partial charge < -0.3 is 14.6 Å². The third-order valence-electron chi connectivity index (χ3n) is 10.8. The number of hydrogen-bond donors (Lipinski definition) is 1. The van der Waals surface area contributed by atoms with Crippen molar-refractivity contribution in [2.75, 3.05) is 20.1 Å². The summed E-state index contributed by atoms with van der Waals surface area (Å²) in [5, 5.41) is 12.9. The molecule has 2 aliphatic heterocycles. The van der Waals surface area contributed by atoms with Gasteiger partial charge in [0.05, 0.1) is 5.60 Å². The molecular formula is C35H39FN2O3. The van der Waals surface area contributed by atoms with Crippen LogP contribution in [-0.4, -0.2) is 65.0 Å². The van der Waals surface area contributed by atoms with E-state index in [0.717, 1.165) is 42.6 Å². The molecule has 6 atom stereocenters. The molecule has 1 N–H and O–H groups in total. The van der Waals surface area contributed by atoms with Gasteiger partial charge in [0, 0.05) is 37.3 Å². The fourth-order valence-corrected chi connectivity index (χ4v) is 8.73. The van der Waals surface area contributed by atoms with E-state index in [1.807, 2.05) is 42.5 Å².